The predicted octanol–water partition coefficient (Wildman–Crippen LogP) is 2.16. The van der Waals surface area contributed by atoms with Crippen molar-refractivity contribution in [3.05, 3.63) is 29.8 Å². The standard InChI is InChI=1S/C13H18N2O/c1-4-15(10-13(2,3)16)12-7-5-6-11(8-12)9-14/h5-8,16H,4,10H2,1-3H3. The summed E-state index contributed by atoms with van der Waals surface area (Å²) >= 11 is 0. The van der Waals surface area contributed by atoms with Crippen LogP contribution >= 0.6 is 0 Å². The first-order valence-electron chi connectivity index (χ1n) is 5.44. The lowest BCUT2D eigenvalue weighted by molar-refractivity contribution is 0.0876. The van der Waals surface area contributed by atoms with E-state index in [0.29, 0.717) is 12.1 Å². The van der Waals surface area contributed by atoms with Gasteiger partial charge in [0.2, 0.25) is 0 Å². The van der Waals surface area contributed by atoms with Crippen molar-refractivity contribution in [2.45, 2.75) is 26.4 Å². The molecule has 0 atom stereocenters. The molecule has 3 nitrogen and oxygen atoms in total. The highest BCUT2D eigenvalue weighted by molar-refractivity contribution is 5.51. The van der Waals surface area contributed by atoms with Crippen LogP contribution in [-0.4, -0.2) is 23.8 Å². The van der Waals surface area contributed by atoms with E-state index in [1.807, 2.05) is 25.1 Å². The number of rotatable bonds is 4. The third-order valence-electron chi connectivity index (χ3n) is 2.30. The fraction of sp³-hybridized carbons (Fsp3) is 0.462. The highest BCUT2D eigenvalue weighted by Crippen LogP contribution is 2.18. The summed E-state index contributed by atoms with van der Waals surface area (Å²) in [6, 6.07) is 9.56. The van der Waals surface area contributed by atoms with E-state index in [0.717, 1.165) is 12.2 Å². The minimum Gasteiger partial charge on any atom is -0.389 e. The molecule has 0 aliphatic rings. The fourth-order valence-electron chi connectivity index (χ4n) is 1.62. The Kier molecular flexibility index (Phi) is 3.92. The van der Waals surface area contributed by atoms with E-state index >= 15 is 0 Å². The third-order valence-corrected chi connectivity index (χ3v) is 2.30. The van der Waals surface area contributed by atoms with Gasteiger partial charge in [-0.25, -0.2) is 0 Å². The molecule has 0 fully saturated rings. The van der Waals surface area contributed by atoms with Crippen molar-refractivity contribution in [1.29, 1.82) is 5.26 Å². The largest absolute Gasteiger partial charge is 0.389 e. The average Bonchev–Trinajstić information content (AvgIpc) is 2.25. The van der Waals surface area contributed by atoms with Gasteiger partial charge in [-0.2, -0.15) is 5.26 Å². The van der Waals surface area contributed by atoms with Crippen molar-refractivity contribution in [2.75, 3.05) is 18.0 Å². The Morgan fingerprint density at radius 2 is 2.12 bits per heavy atom. The number of benzene rings is 1. The smallest absolute Gasteiger partial charge is 0.0992 e. The van der Waals surface area contributed by atoms with Crippen molar-refractivity contribution in [1.82, 2.24) is 0 Å². The van der Waals surface area contributed by atoms with Crippen LogP contribution in [0, 0.1) is 11.3 Å². The van der Waals surface area contributed by atoms with Gasteiger partial charge in [0.1, 0.15) is 0 Å². The monoisotopic (exact) mass is 218 g/mol. The molecule has 1 N–H and O–H groups in total. The predicted molar refractivity (Wildman–Crippen MR) is 65.3 cm³/mol. The van der Waals surface area contributed by atoms with Gasteiger partial charge < -0.3 is 10.0 Å². The molecule has 86 valence electrons. The highest BCUT2D eigenvalue weighted by atomic mass is 16.3. The Morgan fingerprint density at radius 3 is 2.62 bits per heavy atom. The number of anilines is 1. The van der Waals surface area contributed by atoms with Gasteiger partial charge in [0.05, 0.1) is 17.2 Å². The number of nitrogens with zero attached hydrogens (tertiary/aromatic N) is 2. The Hall–Kier alpha value is -1.53. The quantitative estimate of drug-likeness (QED) is 0.842. The number of hydrogen-bond donors (Lipinski definition) is 1. The van der Waals surface area contributed by atoms with Gasteiger partial charge in [-0.05, 0) is 39.0 Å². The summed E-state index contributed by atoms with van der Waals surface area (Å²) in [6.07, 6.45) is 0. The number of hydrogen-bond acceptors (Lipinski definition) is 3. The maximum absolute atomic E-state index is 9.80. The van der Waals surface area contributed by atoms with Gasteiger partial charge in [0, 0.05) is 18.8 Å². The molecular formula is C13H18N2O. The molecule has 0 amide bonds. The second-order valence-corrected chi connectivity index (χ2v) is 4.49. The summed E-state index contributed by atoms with van der Waals surface area (Å²) in [5.74, 6) is 0. The molecule has 0 heterocycles. The number of aliphatic hydroxyl groups is 1. The lowest BCUT2D eigenvalue weighted by Crippen LogP contribution is -2.38. The van der Waals surface area contributed by atoms with Crippen molar-refractivity contribution >= 4 is 5.69 Å². The van der Waals surface area contributed by atoms with E-state index < -0.39 is 5.60 Å². The maximum atomic E-state index is 9.80. The normalized spacial score (nSPS) is 10.9. The van der Waals surface area contributed by atoms with Crippen LogP contribution in [0.25, 0.3) is 0 Å². The summed E-state index contributed by atoms with van der Waals surface area (Å²) in [7, 11) is 0. The zero-order chi connectivity index (χ0) is 12.2. The molecule has 1 aromatic carbocycles. The summed E-state index contributed by atoms with van der Waals surface area (Å²) in [5, 5.41) is 18.6. The topological polar surface area (TPSA) is 47.3 Å². The molecule has 1 aromatic rings. The van der Waals surface area contributed by atoms with Gasteiger partial charge in [-0.3, -0.25) is 0 Å². The van der Waals surface area contributed by atoms with E-state index in [4.69, 9.17) is 5.26 Å². The van der Waals surface area contributed by atoms with Crippen LogP contribution in [-0.2, 0) is 0 Å². The second kappa shape index (κ2) is 5.00. The molecule has 0 radical (unpaired) electrons. The van der Waals surface area contributed by atoms with E-state index in [9.17, 15) is 5.11 Å². The van der Waals surface area contributed by atoms with Gasteiger partial charge in [0.15, 0.2) is 0 Å². The van der Waals surface area contributed by atoms with Gasteiger partial charge in [0.25, 0.3) is 0 Å². The maximum Gasteiger partial charge on any atom is 0.0992 e. The van der Waals surface area contributed by atoms with Gasteiger partial charge in [-0.15, -0.1) is 0 Å². The zero-order valence-electron chi connectivity index (χ0n) is 10.1. The van der Waals surface area contributed by atoms with E-state index in [-0.39, 0.29) is 0 Å². The lowest BCUT2D eigenvalue weighted by atomic mass is 10.1. The molecule has 0 bridgehead atoms. The lowest BCUT2D eigenvalue weighted by Gasteiger charge is -2.29. The zero-order valence-corrected chi connectivity index (χ0v) is 10.1. The van der Waals surface area contributed by atoms with Crippen LogP contribution in [0.2, 0.25) is 0 Å². The van der Waals surface area contributed by atoms with Crippen molar-refractivity contribution in [2.24, 2.45) is 0 Å². The first-order valence-corrected chi connectivity index (χ1v) is 5.44. The van der Waals surface area contributed by atoms with E-state index in [1.165, 1.54) is 0 Å². The van der Waals surface area contributed by atoms with Crippen LogP contribution in [0.1, 0.15) is 26.3 Å². The summed E-state index contributed by atoms with van der Waals surface area (Å²) in [6.45, 7) is 6.95. The summed E-state index contributed by atoms with van der Waals surface area (Å²) < 4.78 is 0. The number of likely N-dealkylation sites (N-methyl/N-ethyl adjacent to an activating group) is 1. The molecule has 0 aliphatic heterocycles. The molecule has 3 heteroatoms. The van der Waals surface area contributed by atoms with Crippen LogP contribution in [0.15, 0.2) is 24.3 Å². The molecule has 0 unspecified atom stereocenters. The van der Waals surface area contributed by atoms with E-state index in [2.05, 4.69) is 11.0 Å². The third kappa shape index (κ3) is 3.56. The van der Waals surface area contributed by atoms with Crippen molar-refractivity contribution < 1.29 is 5.11 Å². The molecule has 0 spiro atoms. The molecule has 1 rings (SSSR count). The van der Waals surface area contributed by atoms with Crippen LogP contribution in [0.5, 0.6) is 0 Å². The van der Waals surface area contributed by atoms with Gasteiger partial charge >= 0.3 is 0 Å². The highest BCUT2D eigenvalue weighted by Gasteiger charge is 2.17. The minimum atomic E-state index is -0.737. The number of nitriles is 1. The Morgan fingerprint density at radius 1 is 1.44 bits per heavy atom. The molecule has 16 heavy (non-hydrogen) atoms. The second-order valence-electron chi connectivity index (χ2n) is 4.49. The van der Waals surface area contributed by atoms with E-state index in [1.54, 1.807) is 19.9 Å². The van der Waals surface area contributed by atoms with Crippen LogP contribution in [0.3, 0.4) is 0 Å². The SMILES string of the molecule is CCN(CC(C)(C)O)c1cccc(C#N)c1. The summed E-state index contributed by atoms with van der Waals surface area (Å²) in [4.78, 5) is 2.06. The minimum absolute atomic E-state index is 0.554. The first-order chi connectivity index (χ1) is 7.46. The molecular weight excluding hydrogens is 200 g/mol. The van der Waals surface area contributed by atoms with Gasteiger partial charge in [-0.1, -0.05) is 6.07 Å². The first kappa shape index (κ1) is 12.5. The Balaban J connectivity index is 2.91. The molecule has 0 aromatic heterocycles. The molecule has 0 saturated carbocycles. The van der Waals surface area contributed by atoms with Crippen LogP contribution in [0.4, 0.5) is 5.69 Å². The fourth-order valence-corrected chi connectivity index (χ4v) is 1.62. The molecule has 0 saturated heterocycles. The van der Waals surface area contributed by atoms with Crippen molar-refractivity contribution in [3.63, 3.8) is 0 Å². The van der Waals surface area contributed by atoms with Crippen LogP contribution < -0.4 is 4.90 Å². The van der Waals surface area contributed by atoms with Crippen molar-refractivity contribution in [3.8, 4) is 6.07 Å². The average molecular weight is 218 g/mol. The Labute approximate surface area is 96.9 Å². The molecule has 0 aliphatic carbocycles. The summed E-state index contributed by atoms with van der Waals surface area (Å²) in [5.41, 5.74) is 0.883. The Bertz CT molecular complexity index is 388.